The summed E-state index contributed by atoms with van der Waals surface area (Å²) in [5.41, 5.74) is 6.00. The molecule has 0 amide bonds. The van der Waals surface area contributed by atoms with Crippen molar-refractivity contribution in [3.05, 3.63) is 17.8 Å². The van der Waals surface area contributed by atoms with Gasteiger partial charge in [-0.15, -0.1) is 11.3 Å². The molecule has 3 rings (SSSR count). The minimum atomic E-state index is 0.334. The van der Waals surface area contributed by atoms with E-state index >= 15 is 0 Å². The Morgan fingerprint density at radius 2 is 2.35 bits per heavy atom. The van der Waals surface area contributed by atoms with Gasteiger partial charge < -0.3 is 10.6 Å². The molecule has 0 spiro atoms. The number of fused-ring (bicyclic) bond motifs is 1. The molecule has 5 heteroatoms. The van der Waals surface area contributed by atoms with Crippen LogP contribution in [0.2, 0.25) is 0 Å². The van der Waals surface area contributed by atoms with Crippen LogP contribution in [-0.2, 0) is 0 Å². The van der Waals surface area contributed by atoms with Gasteiger partial charge in [0.25, 0.3) is 0 Å². The quantitative estimate of drug-likeness (QED) is 0.838. The first-order chi connectivity index (χ1) is 8.25. The van der Waals surface area contributed by atoms with Crippen LogP contribution in [0.1, 0.15) is 19.8 Å². The second kappa shape index (κ2) is 4.23. The molecule has 0 saturated carbocycles. The van der Waals surface area contributed by atoms with Crippen LogP contribution in [0, 0.1) is 0 Å². The van der Waals surface area contributed by atoms with E-state index in [9.17, 15) is 0 Å². The third-order valence-corrected chi connectivity index (χ3v) is 4.25. The molecule has 3 heterocycles. The highest BCUT2D eigenvalue weighted by Gasteiger charge is 2.25. The Hall–Kier alpha value is -1.20. The van der Waals surface area contributed by atoms with Gasteiger partial charge in [0, 0.05) is 18.6 Å². The van der Waals surface area contributed by atoms with E-state index in [4.69, 9.17) is 5.73 Å². The number of thiophene rings is 1. The molecular weight excluding hydrogens is 232 g/mol. The molecule has 1 saturated heterocycles. The highest BCUT2D eigenvalue weighted by molar-refractivity contribution is 7.16. The molecule has 2 aromatic heterocycles. The molecule has 17 heavy (non-hydrogen) atoms. The van der Waals surface area contributed by atoms with Crippen LogP contribution in [0.15, 0.2) is 17.8 Å². The van der Waals surface area contributed by atoms with E-state index < -0.39 is 0 Å². The average molecular weight is 248 g/mol. The fraction of sp³-hybridized carbons (Fsp3) is 0.500. The first-order valence-corrected chi connectivity index (χ1v) is 6.84. The molecule has 1 fully saturated rings. The molecule has 0 aliphatic carbocycles. The molecule has 4 nitrogen and oxygen atoms in total. The van der Waals surface area contributed by atoms with Crippen molar-refractivity contribution in [1.29, 1.82) is 0 Å². The minimum Gasteiger partial charge on any atom is -0.353 e. The van der Waals surface area contributed by atoms with Gasteiger partial charge in [-0.2, -0.15) is 0 Å². The Balaban J connectivity index is 2.00. The minimum absolute atomic E-state index is 0.334. The molecule has 90 valence electrons. The lowest BCUT2D eigenvalue weighted by Gasteiger charge is -2.37. The van der Waals surface area contributed by atoms with E-state index in [0.717, 1.165) is 30.0 Å². The number of aromatic nitrogens is 2. The van der Waals surface area contributed by atoms with Gasteiger partial charge >= 0.3 is 0 Å². The van der Waals surface area contributed by atoms with Gasteiger partial charge in [0.2, 0.25) is 0 Å². The number of anilines is 1. The van der Waals surface area contributed by atoms with Crippen molar-refractivity contribution in [2.45, 2.75) is 31.8 Å². The van der Waals surface area contributed by atoms with Crippen LogP contribution in [-0.4, -0.2) is 28.6 Å². The fourth-order valence-corrected chi connectivity index (χ4v) is 3.26. The lowest BCUT2D eigenvalue weighted by atomic mass is 9.99. The number of hydrogen-bond donors (Lipinski definition) is 1. The van der Waals surface area contributed by atoms with E-state index in [-0.39, 0.29) is 0 Å². The summed E-state index contributed by atoms with van der Waals surface area (Å²) in [4.78, 5) is 12.2. The van der Waals surface area contributed by atoms with Crippen LogP contribution < -0.4 is 10.6 Å². The van der Waals surface area contributed by atoms with Gasteiger partial charge in [-0.3, -0.25) is 0 Å². The summed E-state index contributed by atoms with van der Waals surface area (Å²) < 4.78 is 0. The predicted molar refractivity (Wildman–Crippen MR) is 71.4 cm³/mol. The summed E-state index contributed by atoms with van der Waals surface area (Å²) in [6, 6.07) is 2.90. The smallest absolute Gasteiger partial charge is 0.141 e. The predicted octanol–water partition coefficient (Wildman–Crippen LogP) is 2.01. The van der Waals surface area contributed by atoms with Crippen molar-refractivity contribution in [2.75, 3.05) is 11.4 Å². The second-order valence-electron chi connectivity index (χ2n) is 4.66. The Morgan fingerprint density at radius 3 is 3.18 bits per heavy atom. The van der Waals surface area contributed by atoms with Gasteiger partial charge in [0.05, 0.1) is 5.39 Å². The zero-order valence-electron chi connectivity index (χ0n) is 9.84. The van der Waals surface area contributed by atoms with Gasteiger partial charge in [0.15, 0.2) is 0 Å². The topological polar surface area (TPSA) is 55.0 Å². The molecule has 0 aromatic carbocycles. The first kappa shape index (κ1) is 10.9. The molecule has 1 aliphatic heterocycles. The zero-order valence-corrected chi connectivity index (χ0v) is 10.7. The van der Waals surface area contributed by atoms with E-state index in [1.165, 1.54) is 5.39 Å². The van der Waals surface area contributed by atoms with Crippen LogP contribution in [0.3, 0.4) is 0 Å². The van der Waals surface area contributed by atoms with Gasteiger partial charge in [-0.1, -0.05) is 0 Å². The molecule has 0 bridgehead atoms. The second-order valence-corrected chi connectivity index (χ2v) is 5.56. The maximum atomic E-state index is 6.00. The molecular formula is C12H16N4S. The largest absolute Gasteiger partial charge is 0.353 e. The van der Waals surface area contributed by atoms with Gasteiger partial charge in [-0.05, 0) is 31.2 Å². The van der Waals surface area contributed by atoms with E-state index in [0.29, 0.717) is 12.1 Å². The van der Waals surface area contributed by atoms with Crippen molar-refractivity contribution >= 4 is 27.4 Å². The maximum absolute atomic E-state index is 6.00. The average Bonchev–Trinajstić information content (AvgIpc) is 2.77. The van der Waals surface area contributed by atoms with Crippen LogP contribution >= 0.6 is 11.3 Å². The SMILES string of the molecule is CC1CC(N)CCN1c1ncnc2sccc12. The van der Waals surface area contributed by atoms with Crippen molar-refractivity contribution in [1.82, 2.24) is 9.97 Å². The summed E-state index contributed by atoms with van der Waals surface area (Å²) in [6.45, 7) is 3.21. The highest BCUT2D eigenvalue weighted by atomic mass is 32.1. The number of nitrogens with two attached hydrogens (primary N) is 1. The molecule has 2 unspecified atom stereocenters. The summed E-state index contributed by atoms with van der Waals surface area (Å²) in [5.74, 6) is 1.07. The number of hydrogen-bond acceptors (Lipinski definition) is 5. The van der Waals surface area contributed by atoms with Crippen molar-refractivity contribution < 1.29 is 0 Å². The highest BCUT2D eigenvalue weighted by Crippen LogP contribution is 2.30. The summed E-state index contributed by atoms with van der Waals surface area (Å²) >= 11 is 1.66. The van der Waals surface area contributed by atoms with Gasteiger partial charge in [0.1, 0.15) is 17.0 Å². The van der Waals surface area contributed by atoms with Crippen LogP contribution in [0.4, 0.5) is 5.82 Å². The first-order valence-electron chi connectivity index (χ1n) is 5.96. The number of piperidine rings is 1. The zero-order chi connectivity index (χ0) is 11.8. The van der Waals surface area contributed by atoms with Gasteiger partial charge in [-0.25, -0.2) is 9.97 Å². The Morgan fingerprint density at radius 1 is 1.47 bits per heavy atom. The van der Waals surface area contributed by atoms with Crippen molar-refractivity contribution in [3.8, 4) is 0 Å². The van der Waals surface area contributed by atoms with E-state index in [1.54, 1.807) is 17.7 Å². The monoisotopic (exact) mass is 248 g/mol. The Kier molecular flexibility index (Phi) is 2.72. The lowest BCUT2D eigenvalue weighted by Crippen LogP contribution is -2.46. The maximum Gasteiger partial charge on any atom is 0.141 e. The Bertz CT molecular complexity index is 524. The Labute approximate surface area is 104 Å². The number of rotatable bonds is 1. The van der Waals surface area contributed by atoms with Crippen LogP contribution in [0.5, 0.6) is 0 Å². The molecule has 1 aliphatic rings. The van der Waals surface area contributed by atoms with Crippen molar-refractivity contribution in [2.24, 2.45) is 5.73 Å². The molecule has 2 aromatic rings. The van der Waals surface area contributed by atoms with Crippen LogP contribution in [0.25, 0.3) is 10.2 Å². The standard InChI is InChI=1S/C12H16N4S/c1-8-6-9(13)2-4-16(8)11-10-3-5-17-12(10)15-7-14-11/h3,5,7-9H,2,4,6,13H2,1H3. The third kappa shape index (κ3) is 1.89. The molecule has 0 radical (unpaired) electrons. The number of nitrogens with zero attached hydrogens (tertiary/aromatic N) is 3. The summed E-state index contributed by atoms with van der Waals surface area (Å²) in [7, 11) is 0. The fourth-order valence-electron chi connectivity index (χ4n) is 2.53. The van der Waals surface area contributed by atoms with E-state index in [1.807, 2.05) is 0 Å². The van der Waals surface area contributed by atoms with Crippen molar-refractivity contribution in [3.63, 3.8) is 0 Å². The normalized spacial score (nSPS) is 25.4. The summed E-state index contributed by atoms with van der Waals surface area (Å²) in [6.07, 6.45) is 3.74. The summed E-state index contributed by atoms with van der Waals surface area (Å²) in [5, 5.41) is 3.24. The lowest BCUT2D eigenvalue weighted by molar-refractivity contribution is 0.428. The molecule has 2 atom stereocenters. The molecule has 2 N–H and O–H groups in total. The third-order valence-electron chi connectivity index (χ3n) is 3.43. The van der Waals surface area contributed by atoms with E-state index in [2.05, 4.69) is 33.2 Å².